The topological polar surface area (TPSA) is 41.3 Å². The number of piperidine rings is 1. The molecule has 2 atom stereocenters. The molecule has 2 unspecified atom stereocenters. The van der Waals surface area contributed by atoms with Crippen molar-refractivity contribution in [3.8, 4) is 0 Å². The average molecular weight is 277 g/mol. The second kappa shape index (κ2) is 5.86. The van der Waals surface area contributed by atoms with Gasteiger partial charge in [-0.1, -0.05) is 0 Å². The number of aryl methyl sites for hydroxylation is 1. The number of aliphatic hydroxyl groups excluding tert-OH is 1. The highest BCUT2D eigenvalue weighted by atomic mass is 16.3. The van der Waals surface area contributed by atoms with Crippen LogP contribution in [0.25, 0.3) is 0 Å². The Morgan fingerprint density at radius 2 is 2.20 bits per heavy atom. The third-order valence-electron chi connectivity index (χ3n) is 4.80. The van der Waals surface area contributed by atoms with Gasteiger partial charge in [0.1, 0.15) is 5.82 Å². The van der Waals surface area contributed by atoms with Crippen molar-refractivity contribution in [1.82, 2.24) is 14.5 Å². The molecule has 2 aliphatic heterocycles. The third kappa shape index (κ3) is 3.07. The molecule has 4 heteroatoms. The predicted octanol–water partition coefficient (Wildman–Crippen LogP) is 1.85. The van der Waals surface area contributed by atoms with Crippen molar-refractivity contribution < 1.29 is 5.11 Å². The Labute approximate surface area is 121 Å². The second-order valence-corrected chi connectivity index (χ2v) is 6.79. The lowest BCUT2D eigenvalue weighted by Crippen LogP contribution is -2.40. The molecule has 1 aromatic heterocycles. The quantitative estimate of drug-likeness (QED) is 0.917. The van der Waals surface area contributed by atoms with Crippen molar-refractivity contribution in [2.45, 2.75) is 64.6 Å². The summed E-state index contributed by atoms with van der Waals surface area (Å²) in [5.74, 6) is 1.91. The first kappa shape index (κ1) is 14.1. The smallest absolute Gasteiger partial charge is 0.109 e. The lowest BCUT2D eigenvalue weighted by atomic mass is 9.93. The number of imidazole rings is 1. The summed E-state index contributed by atoms with van der Waals surface area (Å²) >= 11 is 0. The van der Waals surface area contributed by atoms with Crippen LogP contribution in [-0.2, 0) is 19.4 Å². The van der Waals surface area contributed by atoms with E-state index in [1.54, 1.807) is 0 Å². The lowest BCUT2D eigenvalue weighted by molar-refractivity contribution is 0.130. The Bertz CT molecular complexity index is 455. The van der Waals surface area contributed by atoms with Gasteiger partial charge in [-0.2, -0.15) is 0 Å². The Hall–Kier alpha value is -0.870. The van der Waals surface area contributed by atoms with Gasteiger partial charge in [0.05, 0.1) is 11.8 Å². The van der Waals surface area contributed by atoms with E-state index in [0.717, 1.165) is 31.7 Å². The minimum atomic E-state index is -0.185. The molecule has 4 nitrogen and oxygen atoms in total. The van der Waals surface area contributed by atoms with Crippen LogP contribution in [0.3, 0.4) is 0 Å². The van der Waals surface area contributed by atoms with Gasteiger partial charge in [-0.15, -0.1) is 0 Å². The maximum atomic E-state index is 9.73. The minimum Gasteiger partial charge on any atom is -0.391 e. The van der Waals surface area contributed by atoms with E-state index >= 15 is 0 Å². The maximum Gasteiger partial charge on any atom is 0.109 e. The van der Waals surface area contributed by atoms with Gasteiger partial charge in [-0.05, 0) is 52.0 Å². The van der Waals surface area contributed by atoms with Gasteiger partial charge < -0.3 is 14.6 Å². The fourth-order valence-corrected chi connectivity index (χ4v) is 3.61. The number of aromatic nitrogens is 2. The van der Waals surface area contributed by atoms with Crippen LogP contribution in [0.5, 0.6) is 0 Å². The summed E-state index contributed by atoms with van der Waals surface area (Å²) in [5.41, 5.74) is 1.23. The van der Waals surface area contributed by atoms with Gasteiger partial charge in [-0.25, -0.2) is 4.98 Å². The van der Waals surface area contributed by atoms with Crippen LogP contribution in [0.15, 0.2) is 6.20 Å². The van der Waals surface area contributed by atoms with E-state index in [9.17, 15) is 5.11 Å². The molecule has 0 radical (unpaired) electrons. The first-order valence-electron chi connectivity index (χ1n) is 8.09. The van der Waals surface area contributed by atoms with Crippen LogP contribution in [0, 0.1) is 5.92 Å². The Morgan fingerprint density at radius 3 is 3.00 bits per heavy atom. The molecule has 0 saturated carbocycles. The third-order valence-corrected chi connectivity index (χ3v) is 4.80. The van der Waals surface area contributed by atoms with Crippen molar-refractivity contribution in [2.24, 2.45) is 5.92 Å². The van der Waals surface area contributed by atoms with Crippen LogP contribution >= 0.6 is 0 Å². The molecule has 0 amide bonds. The van der Waals surface area contributed by atoms with Crippen LogP contribution in [-0.4, -0.2) is 44.8 Å². The zero-order valence-corrected chi connectivity index (χ0v) is 12.8. The van der Waals surface area contributed by atoms with Gasteiger partial charge in [0.25, 0.3) is 0 Å². The predicted molar refractivity (Wildman–Crippen MR) is 79.7 cm³/mol. The molecule has 2 aliphatic rings. The molecule has 1 fully saturated rings. The zero-order valence-electron chi connectivity index (χ0n) is 12.8. The number of hydrogen-bond acceptors (Lipinski definition) is 3. The summed E-state index contributed by atoms with van der Waals surface area (Å²) in [4.78, 5) is 7.37. The fourth-order valence-electron chi connectivity index (χ4n) is 3.61. The molecule has 1 N–H and O–H groups in total. The van der Waals surface area contributed by atoms with Crippen molar-refractivity contribution >= 4 is 0 Å². The Kier molecular flexibility index (Phi) is 4.13. The molecule has 3 heterocycles. The Morgan fingerprint density at radius 1 is 1.35 bits per heavy atom. The normalized spacial score (nSPS) is 27.8. The molecule has 0 aromatic carbocycles. The van der Waals surface area contributed by atoms with Crippen LogP contribution in [0.4, 0.5) is 0 Å². The summed E-state index contributed by atoms with van der Waals surface area (Å²) < 4.78 is 2.16. The van der Waals surface area contributed by atoms with Gasteiger partial charge in [0.15, 0.2) is 0 Å². The fraction of sp³-hybridized carbons (Fsp3) is 0.812. The van der Waals surface area contributed by atoms with Gasteiger partial charge in [0.2, 0.25) is 0 Å². The number of hydrogen-bond donors (Lipinski definition) is 1. The minimum absolute atomic E-state index is 0.185. The van der Waals surface area contributed by atoms with E-state index in [0.29, 0.717) is 6.04 Å². The Balaban J connectivity index is 1.63. The number of nitrogens with zero attached hydrogens (tertiary/aromatic N) is 3. The highest BCUT2D eigenvalue weighted by Crippen LogP contribution is 2.23. The van der Waals surface area contributed by atoms with Crippen molar-refractivity contribution in [1.29, 1.82) is 0 Å². The molecule has 1 saturated heterocycles. The molecule has 0 aliphatic carbocycles. The highest BCUT2D eigenvalue weighted by molar-refractivity contribution is 5.08. The standard InChI is InChI=1S/C16H27N3O/c1-12(2)18-7-3-4-13(9-18)8-14-10-19-11-15(20)5-6-16(19)17-14/h10,12-13,15,20H,3-9,11H2,1-2H3. The first-order valence-corrected chi connectivity index (χ1v) is 8.09. The number of aliphatic hydroxyl groups is 1. The molecular formula is C16H27N3O. The van der Waals surface area contributed by atoms with E-state index in [1.807, 2.05) is 0 Å². The summed E-state index contributed by atoms with van der Waals surface area (Å²) in [7, 11) is 0. The summed E-state index contributed by atoms with van der Waals surface area (Å²) in [6.07, 6.45) is 7.51. The van der Waals surface area contributed by atoms with E-state index in [2.05, 4.69) is 29.5 Å². The van der Waals surface area contributed by atoms with E-state index in [4.69, 9.17) is 4.98 Å². The van der Waals surface area contributed by atoms with Crippen LogP contribution in [0.2, 0.25) is 0 Å². The van der Waals surface area contributed by atoms with Crippen molar-refractivity contribution in [3.05, 3.63) is 17.7 Å². The van der Waals surface area contributed by atoms with Crippen molar-refractivity contribution in [3.63, 3.8) is 0 Å². The van der Waals surface area contributed by atoms with E-state index in [1.165, 1.54) is 37.4 Å². The molecule has 0 spiro atoms. The molecule has 20 heavy (non-hydrogen) atoms. The summed E-state index contributed by atoms with van der Waals surface area (Å²) in [6, 6.07) is 0.656. The van der Waals surface area contributed by atoms with Crippen molar-refractivity contribution in [2.75, 3.05) is 13.1 Å². The monoisotopic (exact) mass is 277 g/mol. The SMILES string of the molecule is CC(C)N1CCCC(Cc2cn3c(n2)CCC(O)C3)C1. The van der Waals surface area contributed by atoms with Crippen LogP contribution < -0.4 is 0 Å². The first-order chi connectivity index (χ1) is 9.61. The van der Waals surface area contributed by atoms with Crippen LogP contribution in [0.1, 0.15) is 44.6 Å². The zero-order chi connectivity index (χ0) is 14.1. The maximum absolute atomic E-state index is 9.73. The molecular weight excluding hydrogens is 250 g/mol. The number of fused-ring (bicyclic) bond motifs is 1. The molecule has 112 valence electrons. The highest BCUT2D eigenvalue weighted by Gasteiger charge is 2.24. The second-order valence-electron chi connectivity index (χ2n) is 6.79. The number of rotatable bonds is 3. The van der Waals surface area contributed by atoms with E-state index < -0.39 is 0 Å². The van der Waals surface area contributed by atoms with Gasteiger partial charge >= 0.3 is 0 Å². The molecule has 1 aromatic rings. The molecule has 0 bridgehead atoms. The summed E-state index contributed by atoms with van der Waals surface area (Å²) in [5, 5.41) is 9.73. The van der Waals surface area contributed by atoms with Gasteiger partial charge in [-0.3, -0.25) is 0 Å². The lowest BCUT2D eigenvalue weighted by Gasteiger charge is -2.35. The number of likely N-dealkylation sites (tertiary alicyclic amines) is 1. The average Bonchev–Trinajstić information content (AvgIpc) is 2.80. The van der Waals surface area contributed by atoms with Gasteiger partial charge in [0, 0.05) is 31.7 Å². The van der Waals surface area contributed by atoms with E-state index in [-0.39, 0.29) is 6.10 Å². The largest absolute Gasteiger partial charge is 0.391 e. The summed E-state index contributed by atoms with van der Waals surface area (Å²) in [6.45, 7) is 7.77. The molecule has 3 rings (SSSR count).